The molecule has 2 nitrogen and oxygen atoms in total. The van der Waals surface area contributed by atoms with Crippen LogP contribution in [0.2, 0.25) is 0 Å². The maximum atomic E-state index is 7.25. The van der Waals surface area contributed by atoms with Gasteiger partial charge in [-0.3, -0.25) is 0 Å². The predicted molar refractivity (Wildman–Crippen MR) is 36.0 cm³/mol. The Morgan fingerprint density at radius 1 is 0.800 bits per heavy atom. The van der Waals surface area contributed by atoms with Crippen molar-refractivity contribution in [3.63, 3.8) is 0 Å². The maximum absolute atomic E-state index is 7.25. The van der Waals surface area contributed by atoms with Gasteiger partial charge in [0.15, 0.2) is 0 Å². The van der Waals surface area contributed by atoms with Gasteiger partial charge in [0.05, 0.1) is 0 Å². The van der Waals surface area contributed by atoms with E-state index in [1.54, 1.807) is 0 Å². The van der Waals surface area contributed by atoms with E-state index in [-0.39, 0.29) is 103 Å². The normalized spacial score (nSPS) is 11.9. The number of hydrogen-bond acceptors (Lipinski definition) is 1. The third-order valence-electron chi connectivity index (χ3n) is 0. The van der Waals surface area contributed by atoms with E-state index in [4.69, 9.17) is 58.4 Å². The van der Waals surface area contributed by atoms with E-state index in [2.05, 4.69) is 0 Å². The summed E-state index contributed by atoms with van der Waals surface area (Å²) in [6.45, 7) is 0. The summed E-state index contributed by atoms with van der Waals surface area (Å²) in [7, 11) is 21.0. The first-order valence-corrected chi connectivity index (χ1v) is 15.7. The van der Waals surface area contributed by atoms with Crippen LogP contribution in [0.15, 0.2) is 0 Å². The van der Waals surface area contributed by atoms with Gasteiger partial charge < -0.3 is 10.5 Å². The van der Waals surface area contributed by atoms with Gasteiger partial charge >= 0.3 is 160 Å². The van der Waals surface area contributed by atoms with Gasteiger partial charge in [-0.15, -0.1) is 0 Å². The summed E-state index contributed by atoms with van der Waals surface area (Å²) >= 11 is 0. The first kappa shape index (κ1) is 24.3. The van der Waals surface area contributed by atoms with Crippen molar-refractivity contribution in [1.82, 2.24) is 0 Å². The molecule has 0 rings (SSSR count). The summed E-state index contributed by atoms with van der Waals surface area (Å²) in [5, 5.41) is 0. The van der Waals surface area contributed by atoms with Gasteiger partial charge in [0.1, 0.15) is 0 Å². The molecule has 0 atom stereocenters. The molecule has 10 heavy (non-hydrogen) atoms. The standard InChI is InChI=1S/5ClH.Ir.2K.NO/c;;;;;;;;1-2/h5*1H;;;;/q;;;;;+3;2*+1;-1/p-5. The Bertz CT molecular complexity index is 62.5. The van der Waals surface area contributed by atoms with Crippen LogP contribution in [0.3, 0.4) is 0 Å². The largest absolute Gasteiger partial charge is 1.00 e. The SMILES string of the molecule is [Cl][Ir-2]([Cl])([Cl])([Cl])[Cl].[K+].[K+].[N-]=O. The Balaban J connectivity index is -0.0000000412. The van der Waals surface area contributed by atoms with Crippen LogP contribution in [0, 0.1) is 4.91 Å². The molecule has 0 aliphatic carbocycles. The van der Waals surface area contributed by atoms with Crippen LogP contribution >= 0.6 is 47.9 Å². The third kappa shape index (κ3) is 75.2. The number of halogens is 5. The molecular formula is Cl5IrK2NO-. The van der Waals surface area contributed by atoms with E-state index in [1.165, 1.54) is 0 Å². The van der Waals surface area contributed by atoms with E-state index in [9.17, 15) is 0 Å². The average molecular weight is 478 g/mol. The second-order valence-corrected chi connectivity index (χ2v) is 35.1. The van der Waals surface area contributed by atoms with E-state index in [0.717, 1.165) is 0 Å². The van der Waals surface area contributed by atoms with E-state index < -0.39 is 9.02 Å². The molecule has 0 heterocycles. The van der Waals surface area contributed by atoms with Crippen molar-refractivity contribution in [3.8, 4) is 0 Å². The Kier molecular flexibility index (Phi) is 25.5. The summed E-state index contributed by atoms with van der Waals surface area (Å²) < 4.78 is 0. The van der Waals surface area contributed by atoms with Crippen LogP contribution in [0.5, 0.6) is 0 Å². The number of nitroso groups, excluding NO2 is 1. The minimum atomic E-state index is -4.24. The molecule has 0 saturated carbocycles. The molecule has 0 unspecified atom stereocenters. The molecule has 0 aromatic carbocycles. The van der Waals surface area contributed by atoms with Crippen molar-refractivity contribution in [2.45, 2.75) is 0 Å². The molecule has 0 aromatic rings. The van der Waals surface area contributed by atoms with Crippen LogP contribution in [0.4, 0.5) is 0 Å². The van der Waals surface area contributed by atoms with Gasteiger partial charge in [0, 0.05) is 0 Å². The van der Waals surface area contributed by atoms with Crippen molar-refractivity contribution < 1.29 is 112 Å². The second-order valence-electron chi connectivity index (χ2n) is 0.476. The summed E-state index contributed by atoms with van der Waals surface area (Å²) in [6.07, 6.45) is 0. The van der Waals surface area contributed by atoms with E-state index >= 15 is 0 Å². The van der Waals surface area contributed by atoms with Crippen molar-refractivity contribution in [2.75, 3.05) is 0 Å². The molecule has 0 N–H and O–H groups in total. The molecular weight excluding hydrogens is 478 g/mol. The summed E-state index contributed by atoms with van der Waals surface area (Å²) in [5.74, 6) is 0. The van der Waals surface area contributed by atoms with Gasteiger partial charge in [0.25, 0.3) is 0 Å². The topological polar surface area (TPSA) is 39.4 Å². The molecule has 0 fully saturated rings. The molecule has 0 aliphatic rings. The van der Waals surface area contributed by atoms with Crippen molar-refractivity contribution in [2.24, 2.45) is 0 Å². The molecule has 0 spiro atoms. The first-order chi connectivity index (χ1) is 3.24. The van der Waals surface area contributed by atoms with Crippen LogP contribution in [0.25, 0.3) is 5.59 Å². The van der Waals surface area contributed by atoms with Crippen LogP contribution in [-0.2, 0) is 9.02 Å². The first-order valence-electron chi connectivity index (χ1n) is 0.813. The fourth-order valence-electron chi connectivity index (χ4n) is 0. The van der Waals surface area contributed by atoms with Gasteiger partial charge in [0.2, 0.25) is 0 Å². The average Bonchev–Trinajstić information content (AvgIpc) is 1.33. The second kappa shape index (κ2) is 10.5. The zero-order chi connectivity index (χ0) is 7.45. The Morgan fingerprint density at radius 2 is 0.800 bits per heavy atom. The molecule has 0 radical (unpaired) electrons. The fourth-order valence-corrected chi connectivity index (χ4v) is 0. The van der Waals surface area contributed by atoms with Gasteiger partial charge in [-0.1, -0.05) is 0 Å². The van der Waals surface area contributed by atoms with Crippen LogP contribution < -0.4 is 103 Å². The predicted octanol–water partition coefficient (Wildman–Crippen LogP) is -2.22. The smallest absolute Gasteiger partial charge is 0.577 e. The Hall–Kier alpha value is 4.97. The summed E-state index contributed by atoms with van der Waals surface area (Å²) in [5.41, 5.74) is 5.75. The minimum Gasteiger partial charge on any atom is -0.577 e. The molecule has 10 heteroatoms. The monoisotopic (exact) mass is 476 g/mol. The van der Waals surface area contributed by atoms with E-state index in [0.29, 0.717) is 0 Å². The maximum Gasteiger partial charge on any atom is 1.00 e. The number of hydrogen-bond donors (Lipinski definition) is 0. The molecule has 0 amide bonds. The van der Waals surface area contributed by atoms with Crippen LogP contribution in [-0.4, -0.2) is 0 Å². The molecule has 0 saturated heterocycles. The van der Waals surface area contributed by atoms with Gasteiger partial charge in [-0.25, -0.2) is 0 Å². The zero-order valence-corrected chi connectivity index (χ0v) is 17.5. The quantitative estimate of drug-likeness (QED) is 0.364. The number of nitrogens with zero attached hydrogens (tertiary/aromatic N) is 1. The van der Waals surface area contributed by atoms with E-state index in [1.807, 2.05) is 0 Å². The Morgan fingerprint density at radius 3 is 0.800 bits per heavy atom. The van der Waals surface area contributed by atoms with Gasteiger partial charge in [-0.2, -0.15) is 0 Å². The summed E-state index contributed by atoms with van der Waals surface area (Å²) in [6, 6.07) is 0. The summed E-state index contributed by atoms with van der Waals surface area (Å²) in [4.78, 5) is 7.25. The fraction of sp³-hybridized carbons (Fsp3) is 0. The molecule has 0 aromatic heterocycles. The van der Waals surface area contributed by atoms with Crippen LogP contribution in [0.1, 0.15) is 0 Å². The molecule has 0 aliphatic heterocycles. The third-order valence-corrected chi connectivity index (χ3v) is 0. The van der Waals surface area contributed by atoms with Crippen molar-refractivity contribution >= 4 is 47.9 Å². The minimum absolute atomic E-state index is 0. The molecule has 0 bridgehead atoms. The molecule has 58 valence electrons. The van der Waals surface area contributed by atoms with Crippen molar-refractivity contribution in [1.29, 1.82) is 0 Å². The zero-order valence-electron chi connectivity index (χ0n) is 5.08. The Labute approximate surface area is 165 Å². The number of rotatable bonds is 0. The van der Waals surface area contributed by atoms with Gasteiger partial charge in [-0.05, 0) is 0 Å². The van der Waals surface area contributed by atoms with Crippen molar-refractivity contribution in [3.05, 3.63) is 10.5 Å².